The summed E-state index contributed by atoms with van der Waals surface area (Å²) in [7, 11) is 1.75. The third-order valence-corrected chi connectivity index (χ3v) is 2.21. The van der Waals surface area contributed by atoms with Crippen LogP contribution in [0, 0.1) is 0 Å². The lowest BCUT2D eigenvalue weighted by Crippen LogP contribution is -1.94. The van der Waals surface area contributed by atoms with Crippen LogP contribution in [0.1, 0.15) is 10.5 Å². The van der Waals surface area contributed by atoms with Crippen LogP contribution in [0.25, 0.3) is 11.0 Å². The molecule has 0 fully saturated rings. The molecule has 2 heterocycles. The molecule has 2 aromatic heterocycles. The van der Waals surface area contributed by atoms with Crippen molar-refractivity contribution in [3.05, 3.63) is 23.2 Å². The van der Waals surface area contributed by atoms with Gasteiger partial charge in [-0.1, -0.05) is 11.6 Å². The summed E-state index contributed by atoms with van der Waals surface area (Å²) in [6, 6.07) is 1.68. The van der Waals surface area contributed by atoms with Crippen LogP contribution in [0.5, 0.6) is 0 Å². The Bertz CT molecular complexity index is 477. The van der Waals surface area contributed by atoms with Crippen molar-refractivity contribution in [2.75, 3.05) is 0 Å². The molecule has 0 radical (unpaired) electrons. The molecule has 0 N–H and O–H groups in total. The summed E-state index contributed by atoms with van der Waals surface area (Å²) in [6.07, 6.45) is 2.14. The maximum absolute atomic E-state index is 10.6. The van der Waals surface area contributed by atoms with E-state index in [1.54, 1.807) is 17.7 Å². The van der Waals surface area contributed by atoms with Gasteiger partial charge in [0, 0.05) is 7.05 Å². The van der Waals surface area contributed by atoms with Crippen LogP contribution >= 0.6 is 11.6 Å². The summed E-state index contributed by atoms with van der Waals surface area (Å²) in [5.74, 6) is 0. The number of halogens is 1. The second-order valence-electron chi connectivity index (χ2n) is 2.64. The Kier molecular flexibility index (Phi) is 1.77. The maximum atomic E-state index is 10.6. The Labute approximate surface area is 79.2 Å². The Morgan fingerprint density at radius 2 is 2.31 bits per heavy atom. The van der Waals surface area contributed by atoms with Crippen LogP contribution in [0.3, 0.4) is 0 Å². The monoisotopic (exact) mass is 195 g/mol. The van der Waals surface area contributed by atoms with E-state index in [0.717, 1.165) is 6.29 Å². The van der Waals surface area contributed by atoms with Crippen molar-refractivity contribution in [1.29, 1.82) is 0 Å². The van der Waals surface area contributed by atoms with Crippen molar-refractivity contribution in [2.45, 2.75) is 0 Å². The molecule has 0 amide bonds. The van der Waals surface area contributed by atoms with Crippen LogP contribution < -0.4 is 0 Å². The van der Waals surface area contributed by atoms with Crippen molar-refractivity contribution >= 4 is 28.9 Å². The first-order valence-corrected chi connectivity index (χ1v) is 4.03. The third-order valence-electron chi connectivity index (χ3n) is 1.93. The Morgan fingerprint density at radius 1 is 1.54 bits per heavy atom. The largest absolute Gasteiger partial charge is 0.338 e. The van der Waals surface area contributed by atoms with Gasteiger partial charge in [-0.25, -0.2) is 9.97 Å². The molecule has 66 valence electrons. The lowest BCUT2D eigenvalue weighted by atomic mass is 10.4. The van der Waals surface area contributed by atoms with Gasteiger partial charge in [0.05, 0.1) is 11.2 Å². The predicted molar refractivity (Wildman–Crippen MR) is 48.9 cm³/mol. The van der Waals surface area contributed by atoms with Crippen LogP contribution in [0.15, 0.2) is 12.4 Å². The smallest absolute Gasteiger partial charge is 0.166 e. The highest BCUT2D eigenvalue weighted by atomic mass is 35.5. The first kappa shape index (κ1) is 8.19. The number of fused-ring (bicyclic) bond motifs is 1. The van der Waals surface area contributed by atoms with E-state index in [4.69, 9.17) is 11.6 Å². The molecule has 4 nitrogen and oxygen atoms in total. The first-order valence-electron chi connectivity index (χ1n) is 3.65. The van der Waals surface area contributed by atoms with Gasteiger partial charge in [0.15, 0.2) is 11.4 Å². The Morgan fingerprint density at radius 3 is 2.92 bits per heavy atom. The SMILES string of the molecule is Cn1c(C=O)cc2ncnc(Cl)c21. The zero-order valence-corrected chi connectivity index (χ0v) is 7.62. The first-order chi connectivity index (χ1) is 6.24. The van der Waals surface area contributed by atoms with Gasteiger partial charge in [-0.15, -0.1) is 0 Å². The third kappa shape index (κ3) is 1.10. The van der Waals surface area contributed by atoms with E-state index in [1.165, 1.54) is 6.33 Å². The number of aromatic nitrogens is 3. The van der Waals surface area contributed by atoms with E-state index in [1.807, 2.05) is 0 Å². The van der Waals surface area contributed by atoms with Crippen molar-refractivity contribution in [3.8, 4) is 0 Å². The number of aldehydes is 1. The highest BCUT2D eigenvalue weighted by Gasteiger charge is 2.09. The Hall–Kier alpha value is -1.42. The minimum Gasteiger partial charge on any atom is -0.338 e. The molecule has 0 unspecified atom stereocenters. The molecule has 0 saturated heterocycles. The average molecular weight is 196 g/mol. The highest BCUT2D eigenvalue weighted by Crippen LogP contribution is 2.21. The van der Waals surface area contributed by atoms with Gasteiger partial charge < -0.3 is 4.57 Å². The van der Waals surface area contributed by atoms with E-state index >= 15 is 0 Å². The summed E-state index contributed by atoms with van der Waals surface area (Å²) >= 11 is 5.84. The number of carbonyl (C=O) groups is 1. The molecular formula is C8H6ClN3O. The van der Waals surface area contributed by atoms with Gasteiger partial charge in [0.2, 0.25) is 0 Å². The van der Waals surface area contributed by atoms with Gasteiger partial charge in [-0.05, 0) is 6.07 Å². The fraction of sp³-hybridized carbons (Fsp3) is 0.125. The van der Waals surface area contributed by atoms with E-state index in [2.05, 4.69) is 9.97 Å². The number of nitrogens with zero attached hydrogens (tertiary/aromatic N) is 3. The second kappa shape index (κ2) is 2.81. The zero-order valence-electron chi connectivity index (χ0n) is 6.86. The summed E-state index contributed by atoms with van der Waals surface area (Å²) in [6.45, 7) is 0. The highest BCUT2D eigenvalue weighted by molar-refractivity contribution is 6.33. The molecule has 5 heteroatoms. The van der Waals surface area contributed by atoms with Crippen molar-refractivity contribution in [1.82, 2.24) is 14.5 Å². The fourth-order valence-electron chi connectivity index (χ4n) is 1.26. The summed E-state index contributed by atoms with van der Waals surface area (Å²) in [5, 5.41) is 0.362. The van der Waals surface area contributed by atoms with E-state index in [0.29, 0.717) is 21.9 Å². The lowest BCUT2D eigenvalue weighted by Gasteiger charge is -1.97. The molecule has 0 spiro atoms. The standard InChI is InChI=1S/C8H6ClN3O/c1-12-5(3-13)2-6-7(12)8(9)11-4-10-6/h2-4H,1H3. The minimum atomic E-state index is 0.362. The molecule has 2 rings (SSSR count). The van der Waals surface area contributed by atoms with E-state index < -0.39 is 0 Å². The van der Waals surface area contributed by atoms with Crippen LogP contribution in [0.4, 0.5) is 0 Å². The van der Waals surface area contributed by atoms with Crippen LogP contribution in [-0.4, -0.2) is 20.8 Å². The molecule has 2 aromatic rings. The van der Waals surface area contributed by atoms with Gasteiger partial charge in [0.25, 0.3) is 0 Å². The predicted octanol–water partition coefficient (Wildman–Crippen LogP) is 1.43. The lowest BCUT2D eigenvalue weighted by molar-refractivity contribution is 0.111. The molecule has 0 saturated carbocycles. The number of hydrogen-bond donors (Lipinski definition) is 0. The molecular weight excluding hydrogens is 190 g/mol. The van der Waals surface area contributed by atoms with E-state index in [9.17, 15) is 4.79 Å². The summed E-state index contributed by atoms with van der Waals surface area (Å²) in [4.78, 5) is 18.4. The topological polar surface area (TPSA) is 47.8 Å². The van der Waals surface area contributed by atoms with Gasteiger partial charge in [0.1, 0.15) is 11.8 Å². The number of rotatable bonds is 1. The van der Waals surface area contributed by atoms with Crippen LogP contribution in [-0.2, 0) is 7.05 Å². The second-order valence-corrected chi connectivity index (χ2v) is 3.00. The molecule has 0 aliphatic heterocycles. The number of aryl methyl sites for hydroxylation is 1. The Balaban J connectivity index is 2.92. The number of hydrogen-bond acceptors (Lipinski definition) is 3. The molecule has 0 aromatic carbocycles. The zero-order chi connectivity index (χ0) is 9.42. The molecule has 0 aliphatic rings. The van der Waals surface area contributed by atoms with E-state index in [-0.39, 0.29) is 0 Å². The van der Waals surface area contributed by atoms with Crippen molar-refractivity contribution < 1.29 is 4.79 Å². The normalized spacial score (nSPS) is 10.6. The molecule has 0 bridgehead atoms. The average Bonchev–Trinajstić information content (AvgIpc) is 2.44. The fourth-order valence-corrected chi connectivity index (χ4v) is 1.53. The van der Waals surface area contributed by atoms with Gasteiger partial charge in [-0.3, -0.25) is 4.79 Å². The molecule has 13 heavy (non-hydrogen) atoms. The quantitative estimate of drug-likeness (QED) is 0.511. The van der Waals surface area contributed by atoms with Crippen LogP contribution in [0.2, 0.25) is 5.15 Å². The maximum Gasteiger partial charge on any atom is 0.166 e. The van der Waals surface area contributed by atoms with Gasteiger partial charge in [-0.2, -0.15) is 0 Å². The number of carbonyl (C=O) groups excluding carboxylic acids is 1. The van der Waals surface area contributed by atoms with Gasteiger partial charge >= 0.3 is 0 Å². The minimum absolute atomic E-state index is 0.362. The molecule has 0 atom stereocenters. The summed E-state index contributed by atoms with van der Waals surface area (Å²) < 4.78 is 1.67. The summed E-state index contributed by atoms with van der Waals surface area (Å²) in [5.41, 5.74) is 1.91. The van der Waals surface area contributed by atoms with Crippen molar-refractivity contribution in [3.63, 3.8) is 0 Å². The molecule has 0 aliphatic carbocycles. The van der Waals surface area contributed by atoms with Crippen molar-refractivity contribution in [2.24, 2.45) is 7.05 Å².